The standard InChI is InChI=1S/C19H17F3N2O2.2C2H6.CH4/c1-3-26-17(25)14-7-5-13(6-8-14)11-24-16-9-4-12(2)10-15(16)23-18(24)19(20,21)22;2*1-2;/h4-10H,3,11H2,1-2H3;2*1-2H3;1H4. The topological polar surface area (TPSA) is 44.1 Å². The number of rotatable bonds is 4. The van der Waals surface area contributed by atoms with E-state index in [1.165, 1.54) is 0 Å². The molecule has 0 saturated carbocycles. The molecule has 2 aromatic carbocycles. The van der Waals surface area contributed by atoms with Crippen LogP contribution in [0, 0.1) is 6.92 Å². The van der Waals surface area contributed by atoms with Crippen molar-refractivity contribution in [2.45, 2.75) is 61.7 Å². The first-order valence-corrected chi connectivity index (χ1v) is 10.1. The number of ether oxygens (including phenoxy) is 1. The van der Waals surface area contributed by atoms with E-state index in [1.54, 1.807) is 56.3 Å². The van der Waals surface area contributed by atoms with Crippen molar-refractivity contribution in [2.75, 3.05) is 6.61 Å². The van der Waals surface area contributed by atoms with Crippen molar-refractivity contribution in [1.82, 2.24) is 9.55 Å². The van der Waals surface area contributed by atoms with Gasteiger partial charge >= 0.3 is 12.1 Å². The Morgan fingerprint density at radius 3 is 2.13 bits per heavy atom. The number of imidazole rings is 1. The minimum absolute atomic E-state index is 0. The number of alkyl halides is 3. The average molecular weight is 439 g/mol. The van der Waals surface area contributed by atoms with Crippen LogP contribution < -0.4 is 0 Å². The van der Waals surface area contributed by atoms with Gasteiger partial charge in [-0.1, -0.05) is 53.3 Å². The Balaban J connectivity index is 0.00000170. The van der Waals surface area contributed by atoms with E-state index >= 15 is 0 Å². The Bertz CT molecular complexity index is 946. The molecule has 3 aromatic rings. The molecule has 172 valence electrons. The van der Waals surface area contributed by atoms with Gasteiger partial charge in [0.15, 0.2) is 0 Å². The number of aryl methyl sites for hydroxylation is 1. The van der Waals surface area contributed by atoms with Crippen molar-refractivity contribution in [1.29, 1.82) is 0 Å². The number of aromatic nitrogens is 2. The summed E-state index contributed by atoms with van der Waals surface area (Å²) in [5.74, 6) is -1.40. The van der Waals surface area contributed by atoms with Gasteiger partial charge < -0.3 is 9.30 Å². The van der Waals surface area contributed by atoms with E-state index < -0.39 is 18.0 Å². The van der Waals surface area contributed by atoms with E-state index in [0.29, 0.717) is 22.2 Å². The normalized spacial score (nSPS) is 10.2. The number of esters is 1. The van der Waals surface area contributed by atoms with Crippen LogP contribution in [0.4, 0.5) is 13.2 Å². The lowest BCUT2D eigenvalue weighted by molar-refractivity contribution is -0.146. The maximum Gasteiger partial charge on any atom is 0.449 e. The predicted molar refractivity (Wildman–Crippen MR) is 120 cm³/mol. The SMILES string of the molecule is C.CC.CC.CCOC(=O)c1ccc(Cn2c(C(F)(F)F)nc3cc(C)ccc32)cc1. The molecule has 0 N–H and O–H groups in total. The number of hydrogen-bond acceptors (Lipinski definition) is 3. The summed E-state index contributed by atoms with van der Waals surface area (Å²) < 4.78 is 46.3. The molecule has 0 radical (unpaired) electrons. The summed E-state index contributed by atoms with van der Waals surface area (Å²) in [5.41, 5.74) is 2.55. The molecule has 0 spiro atoms. The third kappa shape index (κ3) is 7.12. The fourth-order valence-electron chi connectivity index (χ4n) is 2.76. The van der Waals surface area contributed by atoms with E-state index in [1.807, 2.05) is 27.7 Å². The molecule has 0 fully saturated rings. The Hall–Kier alpha value is -2.83. The summed E-state index contributed by atoms with van der Waals surface area (Å²) in [6.07, 6.45) is -4.56. The molecule has 0 aliphatic carbocycles. The molecule has 31 heavy (non-hydrogen) atoms. The second-order valence-corrected chi connectivity index (χ2v) is 5.93. The fraction of sp³-hybridized carbons (Fsp3) is 0.417. The molecular formula is C24H33F3N2O2. The molecule has 0 aliphatic rings. The molecule has 1 heterocycles. The van der Waals surface area contributed by atoms with Gasteiger partial charge in [-0.3, -0.25) is 0 Å². The third-order valence-corrected chi connectivity index (χ3v) is 3.96. The molecule has 4 nitrogen and oxygen atoms in total. The van der Waals surface area contributed by atoms with Crippen molar-refractivity contribution in [3.8, 4) is 0 Å². The van der Waals surface area contributed by atoms with Crippen LogP contribution in [0.3, 0.4) is 0 Å². The van der Waals surface area contributed by atoms with Crippen LogP contribution in [0.1, 0.15) is 69.4 Å². The van der Waals surface area contributed by atoms with Crippen LogP contribution >= 0.6 is 0 Å². The molecule has 0 amide bonds. The van der Waals surface area contributed by atoms with Crippen LogP contribution in [-0.4, -0.2) is 22.1 Å². The highest BCUT2D eigenvalue weighted by atomic mass is 19.4. The van der Waals surface area contributed by atoms with Gasteiger partial charge in [0.2, 0.25) is 5.82 Å². The molecule has 7 heteroatoms. The van der Waals surface area contributed by atoms with E-state index in [-0.39, 0.29) is 20.6 Å². The smallest absolute Gasteiger partial charge is 0.449 e. The molecule has 1 aromatic heterocycles. The maximum atomic E-state index is 13.4. The first-order chi connectivity index (χ1) is 14.3. The van der Waals surface area contributed by atoms with Gasteiger partial charge in [-0.25, -0.2) is 9.78 Å². The Morgan fingerprint density at radius 1 is 1.03 bits per heavy atom. The number of nitrogens with zero attached hydrogens (tertiary/aromatic N) is 2. The van der Waals surface area contributed by atoms with Crippen LogP contribution in [0.2, 0.25) is 0 Å². The third-order valence-electron chi connectivity index (χ3n) is 3.96. The molecule has 0 atom stereocenters. The van der Waals surface area contributed by atoms with Crippen LogP contribution in [0.15, 0.2) is 42.5 Å². The van der Waals surface area contributed by atoms with Crippen LogP contribution in [-0.2, 0) is 17.5 Å². The minimum atomic E-state index is -4.56. The van der Waals surface area contributed by atoms with Crippen molar-refractivity contribution >= 4 is 17.0 Å². The lowest BCUT2D eigenvalue weighted by Crippen LogP contribution is -2.15. The summed E-state index contributed by atoms with van der Waals surface area (Å²) in [6, 6.07) is 11.3. The van der Waals surface area contributed by atoms with Gasteiger partial charge in [0.05, 0.1) is 23.2 Å². The minimum Gasteiger partial charge on any atom is -0.462 e. The second kappa shape index (κ2) is 12.8. The highest BCUT2D eigenvalue weighted by molar-refractivity contribution is 5.89. The van der Waals surface area contributed by atoms with Gasteiger partial charge in [-0.15, -0.1) is 0 Å². The number of benzene rings is 2. The summed E-state index contributed by atoms with van der Waals surface area (Å²) in [5, 5.41) is 0. The monoisotopic (exact) mass is 438 g/mol. The first-order valence-electron chi connectivity index (χ1n) is 10.1. The largest absolute Gasteiger partial charge is 0.462 e. The van der Waals surface area contributed by atoms with Gasteiger partial charge in [0, 0.05) is 6.54 Å². The zero-order valence-corrected chi connectivity index (χ0v) is 18.3. The highest BCUT2D eigenvalue weighted by Crippen LogP contribution is 2.32. The van der Waals surface area contributed by atoms with E-state index in [9.17, 15) is 18.0 Å². The summed E-state index contributed by atoms with van der Waals surface area (Å²) in [7, 11) is 0. The molecule has 0 bridgehead atoms. The molecule has 0 aliphatic heterocycles. The number of halogens is 3. The second-order valence-electron chi connectivity index (χ2n) is 5.93. The van der Waals surface area contributed by atoms with Crippen molar-refractivity contribution in [2.24, 2.45) is 0 Å². The van der Waals surface area contributed by atoms with E-state index in [2.05, 4.69) is 4.98 Å². The lowest BCUT2D eigenvalue weighted by Gasteiger charge is -2.12. The average Bonchev–Trinajstić information content (AvgIpc) is 3.09. The first kappa shape index (κ1) is 28.2. The molecule has 0 saturated heterocycles. The fourth-order valence-corrected chi connectivity index (χ4v) is 2.76. The van der Waals surface area contributed by atoms with Crippen molar-refractivity contribution in [3.63, 3.8) is 0 Å². The Morgan fingerprint density at radius 2 is 1.61 bits per heavy atom. The summed E-state index contributed by atoms with van der Waals surface area (Å²) in [6.45, 7) is 11.8. The number of hydrogen-bond donors (Lipinski definition) is 0. The van der Waals surface area contributed by atoms with Crippen molar-refractivity contribution in [3.05, 3.63) is 65.0 Å². The van der Waals surface area contributed by atoms with Gasteiger partial charge in [0.25, 0.3) is 0 Å². The van der Waals surface area contributed by atoms with Gasteiger partial charge in [-0.05, 0) is 49.2 Å². The summed E-state index contributed by atoms with van der Waals surface area (Å²) >= 11 is 0. The Labute approximate surface area is 183 Å². The zero-order valence-electron chi connectivity index (χ0n) is 18.3. The van der Waals surface area contributed by atoms with Crippen LogP contribution in [0.5, 0.6) is 0 Å². The molecular weight excluding hydrogens is 405 g/mol. The number of carbonyl (C=O) groups excluding carboxylic acids is 1. The maximum absolute atomic E-state index is 13.4. The quantitative estimate of drug-likeness (QED) is 0.402. The molecule has 3 rings (SSSR count). The van der Waals surface area contributed by atoms with Crippen LogP contribution in [0.25, 0.3) is 11.0 Å². The number of carbonyl (C=O) groups is 1. The van der Waals surface area contributed by atoms with E-state index in [0.717, 1.165) is 10.1 Å². The number of fused-ring (bicyclic) bond motifs is 1. The zero-order chi connectivity index (χ0) is 22.9. The van der Waals surface area contributed by atoms with E-state index in [4.69, 9.17) is 4.74 Å². The summed E-state index contributed by atoms with van der Waals surface area (Å²) in [4.78, 5) is 15.5. The highest BCUT2D eigenvalue weighted by Gasteiger charge is 2.37. The lowest BCUT2D eigenvalue weighted by atomic mass is 10.1. The van der Waals surface area contributed by atoms with Crippen molar-refractivity contribution < 1.29 is 22.7 Å². The predicted octanol–water partition coefficient (Wildman–Crippen LogP) is 7.28. The van der Waals surface area contributed by atoms with Gasteiger partial charge in [0.1, 0.15) is 0 Å². The molecule has 0 unspecified atom stereocenters. The Kier molecular flexibility index (Phi) is 11.6. The van der Waals surface area contributed by atoms with Gasteiger partial charge in [-0.2, -0.15) is 13.2 Å².